The van der Waals surface area contributed by atoms with Gasteiger partial charge in [0.15, 0.2) is 11.6 Å². The minimum atomic E-state index is -1.27. The van der Waals surface area contributed by atoms with Crippen LogP contribution in [0.1, 0.15) is 56.2 Å². The number of aromatic nitrogens is 5. The second-order valence-corrected chi connectivity index (χ2v) is 9.28. The Morgan fingerprint density at radius 3 is 2.77 bits per heavy atom. The number of rotatable bonds is 12. The van der Waals surface area contributed by atoms with Crippen molar-refractivity contribution in [1.29, 1.82) is 0 Å². The molecule has 0 radical (unpaired) electrons. The molecule has 188 valence electrons. The number of halogens is 1. The highest BCUT2D eigenvalue weighted by Crippen LogP contribution is 2.33. The van der Waals surface area contributed by atoms with E-state index in [2.05, 4.69) is 15.1 Å². The highest BCUT2D eigenvalue weighted by Gasteiger charge is 2.31. The Morgan fingerprint density at radius 1 is 1.26 bits per heavy atom. The molecular formula is C25H32FN5O4. The smallest absolute Gasteiger partial charge is 0.328 e. The van der Waals surface area contributed by atoms with Crippen LogP contribution >= 0.6 is 0 Å². The molecule has 4 rings (SSSR count). The van der Waals surface area contributed by atoms with E-state index < -0.39 is 22.7 Å². The van der Waals surface area contributed by atoms with Crippen LogP contribution in [0.2, 0.25) is 0 Å². The number of unbranched alkanes of at least 4 members (excludes halogenated alkanes) is 1. The van der Waals surface area contributed by atoms with E-state index in [1.165, 1.54) is 22.9 Å². The fourth-order valence-electron chi connectivity index (χ4n) is 4.05. The van der Waals surface area contributed by atoms with Crippen molar-refractivity contribution in [2.75, 3.05) is 6.61 Å². The molecule has 0 unspecified atom stereocenters. The highest BCUT2D eigenvalue weighted by atomic mass is 19.1. The summed E-state index contributed by atoms with van der Waals surface area (Å²) in [7, 11) is 0. The molecule has 3 aromatic rings. The second kappa shape index (κ2) is 10.6. The average Bonchev–Trinajstić information content (AvgIpc) is 3.59. The van der Waals surface area contributed by atoms with E-state index in [0.29, 0.717) is 49.7 Å². The maximum Gasteiger partial charge on any atom is 0.328 e. The molecule has 2 heterocycles. The van der Waals surface area contributed by atoms with Gasteiger partial charge in [0.2, 0.25) is 0 Å². The molecule has 0 saturated heterocycles. The van der Waals surface area contributed by atoms with Gasteiger partial charge in [-0.2, -0.15) is 5.10 Å². The van der Waals surface area contributed by atoms with Crippen molar-refractivity contribution in [2.24, 2.45) is 5.92 Å². The summed E-state index contributed by atoms with van der Waals surface area (Å²) in [6, 6.07) is 5.84. The predicted molar refractivity (Wildman–Crippen MR) is 128 cm³/mol. The van der Waals surface area contributed by atoms with Gasteiger partial charge in [0.25, 0.3) is 5.56 Å². The third-order valence-corrected chi connectivity index (χ3v) is 6.44. The summed E-state index contributed by atoms with van der Waals surface area (Å²) in [6.07, 6.45) is 6.15. The summed E-state index contributed by atoms with van der Waals surface area (Å²) in [5, 5.41) is 16.0. The Labute approximate surface area is 202 Å². The Bertz CT molecular complexity index is 1280. The molecule has 1 atom stereocenters. The van der Waals surface area contributed by atoms with Crippen LogP contribution in [0.15, 0.2) is 40.1 Å². The van der Waals surface area contributed by atoms with E-state index >= 15 is 0 Å². The number of hydrogen-bond donors (Lipinski definition) is 2. The summed E-state index contributed by atoms with van der Waals surface area (Å²) < 4.78 is 23.1. The van der Waals surface area contributed by atoms with Crippen LogP contribution in [-0.2, 0) is 25.1 Å². The van der Waals surface area contributed by atoms with Gasteiger partial charge >= 0.3 is 5.69 Å². The van der Waals surface area contributed by atoms with Crippen molar-refractivity contribution in [3.05, 3.63) is 74.3 Å². The molecule has 1 aliphatic rings. The number of aliphatic hydroxyl groups is 1. The molecule has 35 heavy (non-hydrogen) atoms. The molecule has 2 aromatic heterocycles. The van der Waals surface area contributed by atoms with Crippen LogP contribution in [0.4, 0.5) is 4.39 Å². The molecule has 1 saturated carbocycles. The monoisotopic (exact) mass is 485 g/mol. The van der Waals surface area contributed by atoms with Crippen molar-refractivity contribution in [3.63, 3.8) is 0 Å². The number of aromatic amines is 1. The minimum absolute atomic E-state index is 0.161. The van der Waals surface area contributed by atoms with E-state index in [0.717, 1.165) is 25.1 Å². The Morgan fingerprint density at radius 2 is 2.06 bits per heavy atom. The van der Waals surface area contributed by atoms with E-state index in [-0.39, 0.29) is 12.3 Å². The van der Waals surface area contributed by atoms with Crippen LogP contribution in [0.3, 0.4) is 0 Å². The van der Waals surface area contributed by atoms with Gasteiger partial charge in [-0.05, 0) is 62.6 Å². The van der Waals surface area contributed by atoms with Crippen LogP contribution in [0.25, 0.3) is 0 Å². The van der Waals surface area contributed by atoms with Crippen LogP contribution in [0, 0.1) is 18.7 Å². The zero-order valence-corrected chi connectivity index (χ0v) is 20.2. The summed E-state index contributed by atoms with van der Waals surface area (Å²) >= 11 is 0. The van der Waals surface area contributed by atoms with E-state index in [1.54, 1.807) is 23.7 Å². The molecule has 0 spiro atoms. The molecule has 0 amide bonds. The van der Waals surface area contributed by atoms with Crippen molar-refractivity contribution in [2.45, 2.75) is 71.1 Å². The van der Waals surface area contributed by atoms with Gasteiger partial charge in [0.1, 0.15) is 17.2 Å². The summed E-state index contributed by atoms with van der Waals surface area (Å²) in [5.41, 5.74) is -1.54. The lowest BCUT2D eigenvalue weighted by Gasteiger charge is -2.28. The fraction of sp³-hybridized carbons (Fsp3) is 0.520. The fourth-order valence-corrected chi connectivity index (χ4v) is 4.05. The van der Waals surface area contributed by atoms with Gasteiger partial charge in [0.05, 0.1) is 13.2 Å². The van der Waals surface area contributed by atoms with E-state index in [9.17, 15) is 19.1 Å². The van der Waals surface area contributed by atoms with Crippen molar-refractivity contribution in [3.8, 4) is 5.75 Å². The lowest BCUT2D eigenvalue weighted by atomic mass is 9.90. The number of H-pyrrole nitrogens is 1. The second-order valence-electron chi connectivity index (χ2n) is 9.28. The molecule has 9 nitrogen and oxygen atoms in total. The topological polar surface area (TPSA) is 115 Å². The zero-order chi connectivity index (χ0) is 25.0. The summed E-state index contributed by atoms with van der Waals surface area (Å²) in [6.45, 7) is 4.81. The quantitative estimate of drug-likeness (QED) is 0.381. The standard InChI is InChI=1S/C25H32FN5O4/c1-3-25(34,19-9-10-20(26)21(14-19)35-15-18-7-8-18)16-31-22(27-17(2)29-31)6-4-5-12-30-13-11-23(32)28-24(30)33/h9-11,13-14,18,34H,3-8,12,15-16H2,1-2H3,(H,28,32,33)/t25-/m1/s1. The number of benzene rings is 1. The number of nitrogens with zero attached hydrogens (tertiary/aromatic N) is 4. The lowest BCUT2D eigenvalue weighted by Crippen LogP contribution is -2.32. The number of hydrogen-bond acceptors (Lipinski definition) is 6. The van der Waals surface area contributed by atoms with Crippen LogP contribution in [-0.4, -0.2) is 36.0 Å². The Kier molecular flexibility index (Phi) is 7.49. The minimum Gasteiger partial charge on any atom is -0.490 e. The molecule has 2 N–H and O–H groups in total. The van der Waals surface area contributed by atoms with Gasteiger partial charge in [0, 0.05) is 25.2 Å². The SMILES string of the molecule is CC[C@@](O)(Cn1nc(C)nc1CCCCn1ccc(=O)[nH]c1=O)c1ccc(F)c(OCC2CC2)c1. The number of nitrogens with one attached hydrogen (secondary N) is 1. The first-order valence-corrected chi connectivity index (χ1v) is 12.1. The molecule has 0 bridgehead atoms. The van der Waals surface area contributed by atoms with Crippen molar-refractivity contribution >= 4 is 0 Å². The third-order valence-electron chi connectivity index (χ3n) is 6.44. The van der Waals surface area contributed by atoms with E-state index in [4.69, 9.17) is 4.74 Å². The maximum atomic E-state index is 14.3. The number of aryl methyl sites for hydroxylation is 3. The molecular weight excluding hydrogens is 453 g/mol. The third kappa shape index (κ3) is 6.25. The molecule has 0 aliphatic heterocycles. The number of ether oxygens (including phenoxy) is 1. The predicted octanol–water partition coefficient (Wildman–Crippen LogP) is 2.69. The van der Waals surface area contributed by atoms with Crippen LogP contribution in [0.5, 0.6) is 5.75 Å². The van der Waals surface area contributed by atoms with Gasteiger partial charge in [-0.25, -0.2) is 18.9 Å². The average molecular weight is 486 g/mol. The molecule has 1 aliphatic carbocycles. The molecule has 10 heteroatoms. The van der Waals surface area contributed by atoms with Crippen molar-refractivity contribution < 1.29 is 14.2 Å². The first-order chi connectivity index (χ1) is 16.8. The maximum absolute atomic E-state index is 14.3. The normalized spacial score (nSPS) is 15.2. The Hall–Kier alpha value is -3.27. The van der Waals surface area contributed by atoms with Gasteiger partial charge in [-0.1, -0.05) is 13.0 Å². The summed E-state index contributed by atoms with van der Waals surface area (Å²) in [5.74, 6) is 1.55. The highest BCUT2D eigenvalue weighted by molar-refractivity contribution is 5.34. The first kappa shape index (κ1) is 24.8. The summed E-state index contributed by atoms with van der Waals surface area (Å²) in [4.78, 5) is 29.8. The van der Waals surface area contributed by atoms with Crippen molar-refractivity contribution in [1.82, 2.24) is 24.3 Å². The zero-order valence-electron chi connectivity index (χ0n) is 20.2. The van der Waals surface area contributed by atoms with Crippen LogP contribution < -0.4 is 16.0 Å². The van der Waals surface area contributed by atoms with Gasteiger partial charge in [-0.3, -0.25) is 9.78 Å². The molecule has 1 aromatic carbocycles. The van der Waals surface area contributed by atoms with E-state index in [1.807, 2.05) is 6.92 Å². The largest absolute Gasteiger partial charge is 0.490 e. The molecule has 1 fully saturated rings. The van der Waals surface area contributed by atoms with Gasteiger partial charge < -0.3 is 14.4 Å². The first-order valence-electron chi connectivity index (χ1n) is 12.1. The van der Waals surface area contributed by atoms with Gasteiger partial charge in [-0.15, -0.1) is 0 Å². The lowest BCUT2D eigenvalue weighted by molar-refractivity contribution is 0.00969. The Balaban J connectivity index is 1.43.